The zero-order valence-corrected chi connectivity index (χ0v) is 13.3. The highest BCUT2D eigenvalue weighted by Gasteiger charge is 2.39. The fraction of sp³-hybridized carbons (Fsp3) is 0.333. The Morgan fingerprint density at radius 3 is 2.76 bits per heavy atom. The lowest BCUT2D eigenvalue weighted by Gasteiger charge is -2.30. The van der Waals surface area contributed by atoms with Crippen molar-refractivity contribution >= 4 is 17.3 Å². The zero-order valence-electron chi connectivity index (χ0n) is 12.5. The number of nitrogens with one attached hydrogen (secondary N) is 1. The monoisotopic (exact) mass is 303 g/mol. The summed E-state index contributed by atoms with van der Waals surface area (Å²) in [5, 5.41) is 4.27. The molecule has 0 spiro atoms. The van der Waals surface area contributed by atoms with Crippen LogP contribution >= 0.6 is 11.6 Å². The molecule has 0 saturated carbocycles. The molecular formula is C18H19ClFN. The molecule has 1 aliphatic carbocycles. The molecule has 21 heavy (non-hydrogen) atoms. The maximum Gasteiger partial charge on any atom is 0.128 e. The summed E-state index contributed by atoms with van der Waals surface area (Å²) in [5.74, 6) is -0.179. The predicted molar refractivity (Wildman–Crippen MR) is 86.4 cm³/mol. The molecular weight excluding hydrogens is 285 g/mol. The van der Waals surface area contributed by atoms with Gasteiger partial charge in [0.05, 0.1) is 6.04 Å². The summed E-state index contributed by atoms with van der Waals surface area (Å²) >= 11 is 6.15. The number of benzene rings is 2. The highest BCUT2D eigenvalue weighted by Crippen LogP contribution is 2.47. The summed E-state index contributed by atoms with van der Waals surface area (Å²) in [6.45, 7) is 6.26. The van der Waals surface area contributed by atoms with E-state index in [1.807, 2.05) is 18.2 Å². The summed E-state index contributed by atoms with van der Waals surface area (Å²) in [4.78, 5) is 0. The number of halogens is 2. The molecule has 1 nitrogen and oxygen atoms in total. The van der Waals surface area contributed by atoms with Gasteiger partial charge in [-0.25, -0.2) is 4.39 Å². The van der Waals surface area contributed by atoms with Crippen LogP contribution in [-0.2, 0) is 6.42 Å². The predicted octanol–water partition coefficient (Wildman–Crippen LogP) is 5.52. The molecule has 1 N–H and O–H groups in total. The van der Waals surface area contributed by atoms with E-state index in [0.717, 1.165) is 17.1 Å². The van der Waals surface area contributed by atoms with Crippen molar-refractivity contribution < 1.29 is 4.39 Å². The number of rotatable bonds is 2. The smallest absolute Gasteiger partial charge is 0.128 e. The lowest BCUT2D eigenvalue weighted by molar-refractivity contribution is 0.337. The van der Waals surface area contributed by atoms with Crippen LogP contribution in [-0.4, -0.2) is 0 Å². The summed E-state index contributed by atoms with van der Waals surface area (Å²) in [7, 11) is 0. The molecule has 0 aliphatic heterocycles. The Kier molecular flexibility index (Phi) is 3.45. The molecule has 0 bridgehead atoms. The van der Waals surface area contributed by atoms with Crippen molar-refractivity contribution in [3.63, 3.8) is 0 Å². The van der Waals surface area contributed by atoms with Crippen LogP contribution in [0.5, 0.6) is 0 Å². The highest BCUT2D eigenvalue weighted by molar-refractivity contribution is 6.30. The third-order valence-corrected chi connectivity index (χ3v) is 4.65. The second kappa shape index (κ2) is 5.03. The Morgan fingerprint density at radius 1 is 1.24 bits per heavy atom. The van der Waals surface area contributed by atoms with Crippen molar-refractivity contribution in [3.8, 4) is 0 Å². The fourth-order valence-electron chi connectivity index (χ4n) is 3.20. The Bertz CT molecular complexity index is 694. The van der Waals surface area contributed by atoms with Gasteiger partial charge in [0, 0.05) is 16.3 Å². The quantitative estimate of drug-likeness (QED) is 0.770. The van der Waals surface area contributed by atoms with E-state index < -0.39 is 0 Å². The molecule has 1 unspecified atom stereocenters. The minimum Gasteiger partial charge on any atom is -0.377 e. The zero-order chi connectivity index (χ0) is 15.2. The van der Waals surface area contributed by atoms with Crippen LogP contribution in [0.3, 0.4) is 0 Å². The maximum absolute atomic E-state index is 13.7. The van der Waals surface area contributed by atoms with Crippen molar-refractivity contribution in [2.45, 2.75) is 33.2 Å². The number of hydrogen-bond acceptors (Lipinski definition) is 1. The lowest BCUT2D eigenvalue weighted by Crippen LogP contribution is -2.25. The van der Waals surface area contributed by atoms with Crippen molar-refractivity contribution in [1.82, 2.24) is 0 Å². The summed E-state index contributed by atoms with van der Waals surface area (Å²) in [5.41, 5.74) is 4.10. The first-order chi connectivity index (χ1) is 9.88. The van der Waals surface area contributed by atoms with Crippen LogP contribution in [0.15, 0.2) is 36.4 Å². The minimum atomic E-state index is -0.179. The first kappa shape index (κ1) is 14.4. The van der Waals surface area contributed by atoms with Crippen LogP contribution in [0.25, 0.3) is 0 Å². The molecule has 3 rings (SSSR count). The first-order valence-electron chi connectivity index (χ1n) is 7.18. The van der Waals surface area contributed by atoms with Crippen LogP contribution < -0.4 is 5.32 Å². The van der Waals surface area contributed by atoms with E-state index in [9.17, 15) is 4.39 Å². The molecule has 2 aromatic carbocycles. The summed E-state index contributed by atoms with van der Waals surface area (Å²) in [6.07, 6.45) is 0.992. The molecule has 0 aromatic heterocycles. The molecule has 110 valence electrons. The van der Waals surface area contributed by atoms with E-state index in [4.69, 9.17) is 11.6 Å². The van der Waals surface area contributed by atoms with E-state index in [1.54, 1.807) is 13.0 Å². The molecule has 0 amide bonds. The van der Waals surface area contributed by atoms with Crippen molar-refractivity contribution in [2.75, 3.05) is 5.32 Å². The fourth-order valence-corrected chi connectivity index (χ4v) is 3.38. The Labute approximate surface area is 130 Å². The van der Waals surface area contributed by atoms with Gasteiger partial charge in [0.2, 0.25) is 0 Å². The number of anilines is 1. The van der Waals surface area contributed by atoms with Gasteiger partial charge < -0.3 is 5.32 Å². The van der Waals surface area contributed by atoms with Gasteiger partial charge in [-0.1, -0.05) is 37.6 Å². The maximum atomic E-state index is 13.7. The average molecular weight is 304 g/mol. The molecule has 0 heterocycles. The lowest BCUT2D eigenvalue weighted by atomic mass is 9.85. The van der Waals surface area contributed by atoms with Gasteiger partial charge in [-0.05, 0) is 54.2 Å². The van der Waals surface area contributed by atoms with Gasteiger partial charge >= 0.3 is 0 Å². The number of fused-ring (bicyclic) bond motifs is 1. The van der Waals surface area contributed by atoms with Crippen molar-refractivity contribution in [2.24, 2.45) is 5.41 Å². The Morgan fingerprint density at radius 2 is 2.00 bits per heavy atom. The highest BCUT2D eigenvalue weighted by atomic mass is 35.5. The van der Waals surface area contributed by atoms with Gasteiger partial charge in [0.15, 0.2) is 0 Å². The van der Waals surface area contributed by atoms with E-state index in [-0.39, 0.29) is 17.3 Å². The van der Waals surface area contributed by atoms with Crippen LogP contribution in [0, 0.1) is 18.2 Å². The Balaban J connectivity index is 2.02. The van der Waals surface area contributed by atoms with Crippen LogP contribution in [0.4, 0.5) is 10.1 Å². The summed E-state index contributed by atoms with van der Waals surface area (Å²) in [6, 6.07) is 11.4. The Hall–Kier alpha value is -1.54. The second-order valence-electron chi connectivity index (χ2n) is 6.50. The van der Waals surface area contributed by atoms with Gasteiger partial charge in [-0.3, -0.25) is 0 Å². The summed E-state index contributed by atoms with van der Waals surface area (Å²) < 4.78 is 13.7. The van der Waals surface area contributed by atoms with E-state index in [2.05, 4.69) is 25.2 Å². The standard InChI is InChI=1S/C18H19ClFN/c1-11-15(20)5-4-6-16(11)21-17-14-9-13(19)8-7-12(14)10-18(17,2)3/h4-9,17,21H,10H2,1-3H3. The SMILES string of the molecule is Cc1c(F)cccc1NC1c2cc(Cl)ccc2CC1(C)C. The third kappa shape index (κ3) is 2.53. The van der Waals surface area contributed by atoms with Crippen molar-refractivity contribution in [1.29, 1.82) is 0 Å². The van der Waals surface area contributed by atoms with Gasteiger partial charge in [-0.15, -0.1) is 0 Å². The number of hydrogen-bond donors (Lipinski definition) is 1. The first-order valence-corrected chi connectivity index (χ1v) is 7.56. The third-order valence-electron chi connectivity index (χ3n) is 4.41. The van der Waals surface area contributed by atoms with E-state index >= 15 is 0 Å². The topological polar surface area (TPSA) is 12.0 Å². The van der Waals surface area contributed by atoms with Gasteiger partial charge in [0.1, 0.15) is 5.82 Å². The van der Waals surface area contributed by atoms with Crippen molar-refractivity contribution in [3.05, 3.63) is 63.9 Å². The molecule has 1 aliphatic rings. The molecule has 0 radical (unpaired) electrons. The van der Waals surface area contributed by atoms with Gasteiger partial charge in [0.25, 0.3) is 0 Å². The molecule has 0 saturated heterocycles. The molecule has 2 aromatic rings. The minimum absolute atomic E-state index is 0.0613. The molecule has 1 atom stereocenters. The average Bonchev–Trinajstić information content (AvgIpc) is 2.66. The van der Waals surface area contributed by atoms with E-state index in [0.29, 0.717) is 5.56 Å². The largest absolute Gasteiger partial charge is 0.377 e. The molecule has 0 fully saturated rings. The van der Waals surface area contributed by atoms with Crippen LogP contribution in [0.2, 0.25) is 5.02 Å². The normalized spacial score (nSPS) is 19.4. The van der Waals surface area contributed by atoms with Crippen LogP contribution in [0.1, 0.15) is 36.6 Å². The molecule has 3 heteroatoms. The van der Waals surface area contributed by atoms with Gasteiger partial charge in [-0.2, -0.15) is 0 Å². The van der Waals surface area contributed by atoms with E-state index in [1.165, 1.54) is 17.2 Å². The second-order valence-corrected chi connectivity index (χ2v) is 6.93.